The number of hydrogen-bond donors (Lipinski definition) is 2. The molecule has 32 heavy (non-hydrogen) atoms. The van der Waals surface area contributed by atoms with Gasteiger partial charge in [0.2, 0.25) is 5.91 Å². The summed E-state index contributed by atoms with van der Waals surface area (Å²) in [5.74, 6) is -0.481. The Hall–Kier alpha value is -1.27. The Morgan fingerprint density at radius 2 is 1.19 bits per heavy atom. The van der Waals surface area contributed by atoms with Crippen molar-refractivity contribution in [3.63, 3.8) is 0 Å². The fourth-order valence-corrected chi connectivity index (χ4v) is 1.98. The van der Waals surface area contributed by atoms with Gasteiger partial charge >= 0.3 is 0 Å². The summed E-state index contributed by atoms with van der Waals surface area (Å²) in [7, 11) is 0. The summed E-state index contributed by atoms with van der Waals surface area (Å²) >= 11 is 0. The van der Waals surface area contributed by atoms with Crippen LogP contribution >= 0.6 is 24.0 Å². The van der Waals surface area contributed by atoms with Crippen molar-refractivity contribution >= 4 is 35.8 Å². The summed E-state index contributed by atoms with van der Waals surface area (Å²) in [4.78, 5) is 22.4. The highest BCUT2D eigenvalue weighted by atomic mass is 127. The molecule has 0 saturated heterocycles. The topological polar surface area (TPSA) is 109 Å². The molecular weight excluding hydrogens is 527 g/mol. The summed E-state index contributed by atoms with van der Waals surface area (Å²) in [6, 6.07) is 7.41. The molecule has 8 nitrogen and oxygen atoms in total. The van der Waals surface area contributed by atoms with E-state index in [4.69, 9.17) is 24.7 Å². The van der Waals surface area contributed by atoms with E-state index in [1.807, 2.05) is 46.8 Å². The van der Waals surface area contributed by atoms with Gasteiger partial charge in [-0.1, -0.05) is 45.4 Å². The lowest BCUT2D eigenvalue weighted by atomic mass is 10.1. The molecule has 0 unspecified atom stereocenters. The first-order valence-electron chi connectivity index (χ1n) is 11.0. The van der Waals surface area contributed by atoms with Crippen LogP contribution in [0.15, 0.2) is 24.3 Å². The van der Waals surface area contributed by atoms with Crippen LogP contribution in [-0.4, -0.2) is 71.2 Å². The van der Waals surface area contributed by atoms with Crippen LogP contribution in [0.25, 0.3) is 0 Å². The highest BCUT2D eigenvalue weighted by molar-refractivity contribution is 14.0. The predicted octanol–water partition coefficient (Wildman–Crippen LogP) is 3.83. The second kappa shape index (κ2) is 27.8. The molecule has 3 N–H and O–H groups in total. The first-order chi connectivity index (χ1) is 15.1. The Morgan fingerprint density at radius 1 is 0.781 bits per heavy atom. The van der Waals surface area contributed by atoms with Crippen molar-refractivity contribution in [3.05, 3.63) is 35.4 Å². The minimum atomic E-state index is -0.375. The van der Waals surface area contributed by atoms with E-state index in [9.17, 15) is 9.59 Å². The Labute approximate surface area is 213 Å². The van der Waals surface area contributed by atoms with Crippen molar-refractivity contribution < 1.29 is 31.4 Å². The maximum absolute atomic E-state index is 11.9. The van der Waals surface area contributed by atoms with Gasteiger partial charge in [0.15, 0.2) is 0 Å². The standard InChI is InChI=1S/C19H30N2O6.2C2H6.HI.2H2/c1-16-2-4-17(5-3-16)19(23)21-7-9-25-11-13-27-15-14-26-12-10-24-8-6-18(20)22;2*1-2;;;/h2-5H,6-15H2,1H3,(H2,20,22)(H,21,23);2*1-2H3;3*1H. The number of rotatable bonds is 16. The molecule has 0 atom stereocenters. The Balaban J connectivity index is -0.000000379. The third kappa shape index (κ3) is 23.4. The number of hydrogen-bond acceptors (Lipinski definition) is 6. The average molecular weight is 575 g/mol. The molecule has 0 aliphatic heterocycles. The third-order valence-electron chi connectivity index (χ3n) is 3.45. The summed E-state index contributed by atoms with van der Waals surface area (Å²) in [5.41, 5.74) is 6.75. The van der Waals surface area contributed by atoms with Gasteiger partial charge in [-0.2, -0.15) is 0 Å². The van der Waals surface area contributed by atoms with Crippen molar-refractivity contribution in [2.45, 2.75) is 41.0 Å². The maximum Gasteiger partial charge on any atom is 0.251 e. The van der Waals surface area contributed by atoms with Gasteiger partial charge in [-0.3, -0.25) is 9.59 Å². The van der Waals surface area contributed by atoms with Gasteiger partial charge in [-0.05, 0) is 19.1 Å². The number of nitrogens with one attached hydrogen (secondary N) is 1. The van der Waals surface area contributed by atoms with Crippen LogP contribution in [0, 0.1) is 6.92 Å². The number of primary amides is 1. The zero-order valence-corrected chi connectivity index (χ0v) is 22.6. The molecule has 0 saturated carbocycles. The number of ether oxygens (including phenoxy) is 4. The van der Waals surface area contributed by atoms with Crippen LogP contribution in [-0.2, 0) is 23.7 Å². The van der Waals surface area contributed by atoms with Gasteiger partial charge in [-0.25, -0.2) is 0 Å². The lowest BCUT2D eigenvalue weighted by molar-refractivity contribution is -0.119. The summed E-state index contributed by atoms with van der Waals surface area (Å²) in [6.45, 7) is 13.9. The number of carbonyl (C=O) groups is 2. The highest BCUT2D eigenvalue weighted by Gasteiger charge is 2.03. The molecule has 1 aromatic rings. The molecular formula is C23H47IN2O6. The Kier molecular flexibility index (Phi) is 30.6. The van der Waals surface area contributed by atoms with E-state index in [0.29, 0.717) is 65.0 Å². The number of carbonyl (C=O) groups excluding carboxylic acids is 2. The Morgan fingerprint density at radius 3 is 1.62 bits per heavy atom. The van der Waals surface area contributed by atoms with Crippen LogP contribution in [0.1, 0.15) is 52.9 Å². The van der Waals surface area contributed by atoms with Gasteiger partial charge in [-0.15, -0.1) is 24.0 Å². The smallest absolute Gasteiger partial charge is 0.251 e. The first-order valence-corrected chi connectivity index (χ1v) is 11.0. The second-order valence-electron chi connectivity index (χ2n) is 5.79. The van der Waals surface area contributed by atoms with Crippen LogP contribution in [0.2, 0.25) is 0 Å². The molecule has 1 aromatic carbocycles. The van der Waals surface area contributed by atoms with Crippen molar-refractivity contribution in [3.8, 4) is 0 Å². The molecule has 0 aliphatic carbocycles. The van der Waals surface area contributed by atoms with Gasteiger partial charge < -0.3 is 30.0 Å². The van der Waals surface area contributed by atoms with Crippen LogP contribution in [0.5, 0.6) is 0 Å². The molecule has 0 spiro atoms. The number of halogens is 1. The highest BCUT2D eigenvalue weighted by Crippen LogP contribution is 2.02. The van der Waals surface area contributed by atoms with Gasteiger partial charge in [0, 0.05) is 21.4 Å². The van der Waals surface area contributed by atoms with E-state index >= 15 is 0 Å². The predicted molar refractivity (Wildman–Crippen MR) is 143 cm³/mol. The van der Waals surface area contributed by atoms with Crippen LogP contribution in [0.4, 0.5) is 0 Å². The van der Waals surface area contributed by atoms with E-state index in [-0.39, 0.29) is 45.1 Å². The maximum atomic E-state index is 11.9. The second-order valence-corrected chi connectivity index (χ2v) is 5.79. The first kappa shape index (κ1) is 35.3. The largest absolute Gasteiger partial charge is 0.379 e. The number of benzene rings is 1. The lowest BCUT2D eigenvalue weighted by Gasteiger charge is -2.08. The van der Waals surface area contributed by atoms with Gasteiger partial charge in [0.05, 0.1) is 52.9 Å². The number of amides is 2. The zero-order chi connectivity index (χ0) is 23.7. The summed E-state index contributed by atoms with van der Waals surface area (Å²) in [5, 5.41) is 2.80. The van der Waals surface area contributed by atoms with Crippen LogP contribution < -0.4 is 11.1 Å². The van der Waals surface area contributed by atoms with E-state index < -0.39 is 0 Å². The van der Waals surface area contributed by atoms with Crippen molar-refractivity contribution in [2.75, 3.05) is 59.4 Å². The monoisotopic (exact) mass is 574 g/mol. The van der Waals surface area contributed by atoms with Gasteiger partial charge in [0.25, 0.3) is 5.91 Å². The molecule has 0 bridgehead atoms. The van der Waals surface area contributed by atoms with Crippen molar-refractivity contribution in [2.24, 2.45) is 5.73 Å². The molecule has 192 valence electrons. The quantitative estimate of drug-likeness (QED) is 0.230. The number of nitrogens with two attached hydrogens (primary N) is 1. The molecule has 0 aromatic heterocycles. The molecule has 0 heterocycles. The molecule has 0 aliphatic rings. The number of aryl methyl sites for hydroxylation is 1. The van der Waals surface area contributed by atoms with E-state index in [1.165, 1.54) is 0 Å². The van der Waals surface area contributed by atoms with E-state index in [1.54, 1.807) is 12.1 Å². The SMILES string of the molecule is CC.CC.Cc1ccc(C(=O)NCCOCCOCCOCCOCCC(N)=O)cc1.I.[HH].[HH]. The zero-order valence-electron chi connectivity index (χ0n) is 20.3. The summed E-state index contributed by atoms with van der Waals surface area (Å²) < 4.78 is 21.2. The molecule has 9 heteroatoms. The van der Waals surface area contributed by atoms with Crippen LogP contribution in [0.3, 0.4) is 0 Å². The van der Waals surface area contributed by atoms with E-state index in [0.717, 1.165) is 5.56 Å². The fourth-order valence-electron chi connectivity index (χ4n) is 1.98. The third-order valence-corrected chi connectivity index (χ3v) is 3.45. The minimum Gasteiger partial charge on any atom is -0.379 e. The van der Waals surface area contributed by atoms with E-state index in [2.05, 4.69) is 5.32 Å². The fraction of sp³-hybridized carbons (Fsp3) is 0.652. The van der Waals surface area contributed by atoms with Gasteiger partial charge in [0.1, 0.15) is 0 Å². The summed E-state index contributed by atoms with van der Waals surface area (Å²) in [6.07, 6.45) is 0.221. The molecule has 0 fully saturated rings. The molecule has 0 radical (unpaired) electrons. The average Bonchev–Trinajstić information content (AvgIpc) is 2.79. The Bertz CT molecular complexity index is 555. The molecule has 1 rings (SSSR count). The lowest BCUT2D eigenvalue weighted by Crippen LogP contribution is -2.27. The van der Waals surface area contributed by atoms with Crippen molar-refractivity contribution in [1.29, 1.82) is 0 Å². The van der Waals surface area contributed by atoms with Crippen molar-refractivity contribution in [1.82, 2.24) is 5.32 Å². The minimum absolute atomic E-state index is 0. The normalized spacial score (nSPS) is 9.41. The molecule has 2 amide bonds.